The number of hydrogen-bond acceptors (Lipinski definition) is 4. The second-order valence-corrected chi connectivity index (χ2v) is 8.47. The molecule has 0 radical (unpaired) electrons. The fraction of sp³-hybridized carbons (Fsp3) is 0.208. The van der Waals surface area contributed by atoms with Crippen LogP contribution in [0.4, 0.5) is 4.39 Å². The zero-order valence-corrected chi connectivity index (χ0v) is 19.8. The van der Waals surface area contributed by atoms with Gasteiger partial charge in [0.2, 0.25) is 0 Å². The second-order valence-electron chi connectivity index (χ2n) is 7.21. The van der Waals surface area contributed by atoms with E-state index in [1.165, 1.54) is 12.1 Å². The predicted octanol–water partition coefficient (Wildman–Crippen LogP) is 6.04. The van der Waals surface area contributed by atoms with Crippen molar-refractivity contribution >= 4 is 38.6 Å². The molecule has 5 nitrogen and oxygen atoms in total. The molecule has 0 saturated heterocycles. The first-order valence-electron chi connectivity index (χ1n) is 10.1. The minimum absolute atomic E-state index is 0.192. The van der Waals surface area contributed by atoms with Crippen LogP contribution >= 0.6 is 27.5 Å². The van der Waals surface area contributed by atoms with E-state index >= 15 is 0 Å². The third-order valence-corrected chi connectivity index (χ3v) is 6.15. The van der Waals surface area contributed by atoms with E-state index in [4.69, 9.17) is 21.1 Å². The Hall–Kier alpha value is -2.61. The number of H-pyrrole nitrogens is 1. The van der Waals surface area contributed by atoms with Crippen molar-refractivity contribution in [2.45, 2.75) is 19.6 Å². The number of halogens is 3. The predicted molar refractivity (Wildman–Crippen MR) is 128 cm³/mol. The number of aromatic amines is 1. The molecule has 32 heavy (non-hydrogen) atoms. The maximum absolute atomic E-state index is 13.3. The smallest absolute Gasteiger partial charge is 0.167 e. The van der Waals surface area contributed by atoms with Crippen molar-refractivity contribution < 1.29 is 13.9 Å². The molecule has 0 unspecified atom stereocenters. The highest BCUT2D eigenvalue weighted by Gasteiger charge is 2.16. The minimum Gasteiger partial charge on any atom is -0.493 e. The lowest BCUT2D eigenvalue weighted by Crippen LogP contribution is -2.18. The van der Waals surface area contributed by atoms with Crippen LogP contribution in [0.5, 0.6) is 11.5 Å². The summed E-state index contributed by atoms with van der Waals surface area (Å²) in [6, 6.07) is 16.0. The SMILES string of the molecule is COc1ccc(Br)c(CNCCc2nc3ccccc3[nH]2)c1OCc1ccc(F)cc1Cl. The van der Waals surface area contributed by atoms with Crippen LogP contribution < -0.4 is 14.8 Å². The second kappa shape index (κ2) is 10.3. The number of nitrogens with one attached hydrogen (secondary N) is 2. The summed E-state index contributed by atoms with van der Waals surface area (Å²) >= 11 is 9.76. The van der Waals surface area contributed by atoms with Gasteiger partial charge in [0.05, 0.1) is 23.2 Å². The zero-order chi connectivity index (χ0) is 22.5. The molecule has 1 heterocycles. The lowest BCUT2D eigenvalue weighted by molar-refractivity contribution is 0.280. The third kappa shape index (κ3) is 5.23. The number of benzene rings is 3. The molecule has 8 heteroatoms. The van der Waals surface area contributed by atoms with E-state index in [2.05, 4.69) is 31.2 Å². The highest BCUT2D eigenvalue weighted by molar-refractivity contribution is 9.10. The largest absolute Gasteiger partial charge is 0.493 e. The van der Waals surface area contributed by atoms with Crippen LogP contribution in [0.1, 0.15) is 17.0 Å². The molecule has 3 aromatic carbocycles. The Morgan fingerprint density at radius 3 is 2.78 bits per heavy atom. The van der Waals surface area contributed by atoms with Crippen molar-refractivity contribution in [1.82, 2.24) is 15.3 Å². The average Bonchev–Trinajstić information content (AvgIpc) is 3.20. The van der Waals surface area contributed by atoms with E-state index in [1.807, 2.05) is 36.4 Å². The molecule has 2 N–H and O–H groups in total. The van der Waals surface area contributed by atoms with E-state index in [-0.39, 0.29) is 12.4 Å². The van der Waals surface area contributed by atoms with Gasteiger partial charge in [-0.3, -0.25) is 0 Å². The van der Waals surface area contributed by atoms with E-state index in [0.717, 1.165) is 39.9 Å². The number of nitrogens with zero attached hydrogens (tertiary/aromatic N) is 1. The molecule has 4 rings (SSSR count). The standard InChI is InChI=1S/C24H22BrClFN3O2/c1-31-22-9-8-18(25)17(24(22)32-14-15-6-7-16(27)12-19(15)26)13-28-11-10-23-29-20-4-2-3-5-21(20)30-23/h2-9,12,28H,10-11,13-14H2,1H3,(H,29,30). The van der Waals surface area contributed by atoms with Gasteiger partial charge in [-0.25, -0.2) is 9.37 Å². The van der Waals surface area contributed by atoms with Crippen molar-refractivity contribution in [2.75, 3.05) is 13.7 Å². The van der Waals surface area contributed by atoms with E-state index < -0.39 is 0 Å². The monoisotopic (exact) mass is 517 g/mol. The molecule has 4 aromatic rings. The van der Waals surface area contributed by atoms with Crippen LogP contribution in [0.2, 0.25) is 5.02 Å². The molecule has 166 valence electrons. The average molecular weight is 519 g/mol. The number of aromatic nitrogens is 2. The van der Waals surface area contributed by atoms with Crippen LogP contribution in [-0.4, -0.2) is 23.6 Å². The highest BCUT2D eigenvalue weighted by Crippen LogP contribution is 2.37. The lowest BCUT2D eigenvalue weighted by Gasteiger charge is -2.17. The van der Waals surface area contributed by atoms with Crippen molar-refractivity contribution in [3.8, 4) is 11.5 Å². The summed E-state index contributed by atoms with van der Waals surface area (Å²) in [7, 11) is 1.60. The normalized spacial score (nSPS) is 11.1. The maximum Gasteiger partial charge on any atom is 0.167 e. The highest BCUT2D eigenvalue weighted by atomic mass is 79.9. The van der Waals surface area contributed by atoms with Gasteiger partial charge in [-0.1, -0.05) is 45.7 Å². The van der Waals surface area contributed by atoms with E-state index in [0.29, 0.717) is 28.6 Å². The third-order valence-electron chi connectivity index (χ3n) is 5.05. The molecule has 0 aliphatic carbocycles. The lowest BCUT2D eigenvalue weighted by atomic mass is 10.1. The molecule has 0 bridgehead atoms. The Bertz CT molecular complexity index is 1200. The fourth-order valence-electron chi connectivity index (χ4n) is 3.40. The number of imidazole rings is 1. The molecule has 0 atom stereocenters. The molecular weight excluding hydrogens is 497 g/mol. The van der Waals surface area contributed by atoms with Crippen LogP contribution in [-0.2, 0) is 19.6 Å². The number of rotatable bonds is 9. The topological polar surface area (TPSA) is 59.2 Å². The molecule has 1 aromatic heterocycles. The van der Waals surface area contributed by atoms with Gasteiger partial charge >= 0.3 is 0 Å². The van der Waals surface area contributed by atoms with Gasteiger partial charge in [0.25, 0.3) is 0 Å². The van der Waals surface area contributed by atoms with Gasteiger partial charge in [0.15, 0.2) is 11.5 Å². The van der Waals surface area contributed by atoms with E-state index in [9.17, 15) is 4.39 Å². The molecular formula is C24H22BrClFN3O2. The first-order chi connectivity index (χ1) is 15.5. The Morgan fingerprint density at radius 2 is 2.00 bits per heavy atom. The van der Waals surface area contributed by atoms with Gasteiger partial charge in [-0.15, -0.1) is 0 Å². The van der Waals surface area contributed by atoms with Gasteiger partial charge in [-0.05, 0) is 36.4 Å². The zero-order valence-electron chi connectivity index (χ0n) is 17.4. The van der Waals surface area contributed by atoms with Crippen LogP contribution in [0.15, 0.2) is 59.1 Å². The number of fused-ring (bicyclic) bond motifs is 1. The van der Waals surface area contributed by atoms with Crippen LogP contribution in [0.25, 0.3) is 11.0 Å². The first-order valence-corrected chi connectivity index (χ1v) is 11.3. The quantitative estimate of drug-likeness (QED) is 0.265. The van der Waals surface area contributed by atoms with Crippen LogP contribution in [0, 0.1) is 5.82 Å². The van der Waals surface area contributed by atoms with Crippen molar-refractivity contribution in [3.05, 3.63) is 86.9 Å². The maximum atomic E-state index is 13.3. The number of ether oxygens (including phenoxy) is 2. The van der Waals surface area contributed by atoms with Crippen LogP contribution in [0.3, 0.4) is 0 Å². The Balaban J connectivity index is 1.43. The number of para-hydroxylation sites is 2. The summed E-state index contributed by atoms with van der Waals surface area (Å²) < 4.78 is 25.8. The summed E-state index contributed by atoms with van der Waals surface area (Å²) in [5, 5.41) is 3.77. The number of methoxy groups -OCH3 is 1. The van der Waals surface area contributed by atoms with Gasteiger partial charge in [0, 0.05) is 35.1 Å². The Labute approximate surface area is 199 Å². The summed E-state index contributed by atoms with van der Waals surface area (Å²) in [5.74, 6) is 1.78. The van der Waals surface area contributed by atoms with Crippen molar-refractivity contribution in [3.63, 3.8) is 0 Å². The molecule has 0 spiro atoms. The summed E-state index contributed by atoms with van der Waals surface area (Å²) in [6.45, 7) is 1.48. The molecule has 0 fully saturated rings. The summed E-state index contributed by atoms with van der Waals surface area (Å²) in [6.07, 6.45) is 0.762. The molecule has 0 saturated carbocycles. The van der Waals surface area contributed by atoms with Gasteiger partial charge in [0.1, 0.15) is 18.2 Å². The van der Waals surface area contributed by atoms with E-state index in [1.54, 1.807) is 13.2 Å². The fourth-order valence-corrected chi connectivity index (χ4v) is 4.07. The minimum atomic E-state index is -0.381. The Kier molecular flexibility index (Phi) is 7.29. The number of hydrogen-bond donors (Lipinski definition) is 2. The Morgan fingerprint density at radius 1 is 1.16 bits per heavy atom. The van der Waals surface area contributed by atoms with Crippen molar-refractivity contribution in [2.24, 2.45) is 0 Å². The molecule has 0 aliphatic rings. The molecule has 0 amide bonds. The summed E-state index contributed by atoms with van der Waals surface area (Å²) in [4.78, 5) is 7.95. The van der Waals surface area contributed by atoms with Gasteiger partial charge in [-0.2, -0.15) is 0 Å². The first kappa shape index (κ1) is 22.6. The van der Waals surface area contributed by atoms with Crippen molar-refractivity contribution in [1.29, 1.82) is 0 Å². The summed E-state index contributed by atoms with van der Waals surface area (Å²) in [5.41, 5.74) is 3.62. The molecule has 0 aliphatic heterocycles. The van der Waals surface area contributed by atoms with Gasteiger partial charge < -0.3 is 19.8 Å².